The number of benzene rings is 1. The molecule has 1 fully saturated rings. The van der Waals surface area contributed by atoms with Crippen molar-refractivity contribution in [3.8, 4) is 0 Å². The Balaban J connectivity index is 2.30. The van der Waals surface area contributed by atoms with Crippen LogP contribution in [0.25, 0.3) is 0 Å². The molecule has 1 aliphatic heterocycles. The highest BCUT2D eigenvalue weighted by atomic mass is 16.6. The van der Waals surface area contributed by atoms with E-state index in [1.54, 1.807) is 6.07 Å². The van der Waals surface area contributed by atoms with Gasteiger partial charge in [-0.3, -0.25) is 15.0 Å². The number of nitrogens with zero attached hydrogens (tertiary/aromatic N) is 3. The summed E-state index contributed by atoms with van der Waals surface area (Å²) in [5.41, 5.74) is 0.0788. The molecule has 0 aliphatic carbocycles. The lowest BCUT2D eigenvalue weighted by Crippen LogP contribution is -2.51. The van der Waals surface area contributed by atoms with Gasteiger partial charge in [-0.25, -0.2) is 4.79 Å². The molecule has 114 valence electrons. The lowest BCUT2D eigenvalue weighted by atomic mass is 10.1. The van der Waals surface area contributed by atoms with E-state index in [0.29, 0.717) is 11.7 Å². The van der Waals surface area contributed by atoms with Crippen molar-refractivity contribution in [2.24, 2.45) is 0 Å². The second kappa shape index (κ2) is 6.09. The van der Waals surface area contributed by atoms with Gasteiger partial charge in [0.15, 0.2) is 0 Å². The molecular weight excluding hydrogens is 274 g/mol. The summed E-state index contributed by atoms with van der Waals surface area (Å²) in [7, 11) is 2.07. The van der Waals surface area contributed by atoms with Crippen LogP contribution in [0.3, 0.4) is 0 Å². The van der Waals surface area contributed by atoms with Gasteiger partial charge in [0.1, 0.15) is 5.56 Å². The molecule has 1 saturated heterocycles. The Morgan fingerprint density at radius 3 is 2.76 bits per heavy atom. The Morgan fingerprint density at radius 2 is 2.19 bits per heavy atom. The first-order valence-corrected chi connectivity index (χ1v) is 6.91. The maximum absolute atomic E-state index is 11.0. The first kappa shape index (κ1) is 15.2. The lowest BCUT2D eigenvalue weighted by molar-refractivity contribution is -0.385. The molecule has 21 heavy (non-hydrogen) atoms. The average Bonchev–Trinajstić information content (AvgIpc) is 2.47. The number of rotatable bonds is 4. The standard InChI is InChI=1S/C14H19N3O4/c1-3-10-9-16(7-6-15(10)2)11-4-5-12(14(18)19)13(8-11)17(20)21/h4-5,8,10H,3,6-7,9H2,1-2H3,(H,18,19). The summed E-state index contributed by atoms with van der Waals surface area (Å²) in [6.45, 7) is 4.56. The molecule has 1 heterocycles. The molecule has 0 aromatic heterocycles. The van der Waals surface area contributed by atoms with E-state index in [1.165, 1.54) is 12.1 Å². The molecule has 0 spiro atoms. The van der Waals surface area contributed by atoms with E-state index in [-0.39, 0.29) is 11.3 Å². The maximum Gasteiger partial charge on any atom is 0.342 e. The summed E-state index contributed by atoms with van der Waals surface area (Å²) in [6.07, 6.45) is 1.00. The monoisotopic (exact) mass is 293 g/mol. The molecule has 7 nitrogen and oxygen atoms in total. The summed E-state index contributed by atoms with van der Waals surface area (Å²) < 4.78 is 0. The highest BCUT2D eigenvalue weighted by Gasteiger charge is 2.26. The first-order chi connectivity index (χ1) is 9.93. The largest absolute Gasteiger partial charge is 0.477 e. The molecule has 7 heteroatoms. The second-order valence-electron chi connectivity index (χ2n) is 5.25. The highest BCUT2D eigenvalue weighted by Crippen LogP contribution is 2.27. The first-order valence-electron chi connectivity index (χ1n) is 6.91. The third-order valence-corrected chi connectivity index (χ3v) is 4.02. The van der Waals surface area contributed by atoms with Gasteiger partial charge in [-0.1, -0.05) is 6.92 Å². The van der Waals surface area contributed by atoms with Gasteiger partial charge in [0.25, 0.3) is 5.69 Å². The van der Waals surface area contributed by atoms with Crippen molar-refractivity contribution in [2.75, 3.05) is 31.6 Å². The molecule has 1 unspecified atom stereocenters. The molecule has 1 aliphatic rings. The van der Waals surface area contributed by atoms with Gasteiger partial charge in [0.05, 0.1) is 4.92 Å². The van der Waals surface area contributed by atoms with Crippen LogP contribution in [0, 0.1) is 10.1 Å². The van der Waals surface area contributed by atoms with E-state index in [9.17, 15) is 14.9 Å². The van der Waals surface area contributed by atoms with E-state index in [2.05, 4.69) is 23.8 Å². The fourth-order valence-electron chi connectivity index (χ4n) is 2.67. The van der Waals surface area contributed by atoms with Crippen molar-refractivity contribution >= 4 is 17.3 Å². The Hall–Kier alpha value is -2.15. The number of nitro groups is 1. The van der Waals surface area contributed by atoms with Crippen molar-refractivity contribution in [2.45, 2.75) is 19.4 Å². The minimum Gasteiger partial charge on any atom is -0.477 e. The highest BCUT2D eigenvalue weighted by molar-refractivity contribution is 5.93. The number of carbonyl (C=O) groups is 1. The van der Waals surface area contributed by atoms with Gasteiger partial charge in [-0.2, -0.15) is 0 Å². The maximum atomic E-state index is 11.0. The van der Waals surface area contributed by atoms with Crippen LogP contribution >= 0.6 is 0 Å². The number of anilines is 1. The fraction of sp³-hybridized carbons (Fsp3) is 0.500. The number of hydrogen-bond donors (Lipinski definition) is 1. The molecule has 2 rings (SSSR count). The van der Waals surface area contributed by atoms with Crippen LogP contribution in [-0.4, -0.2) is 53.6 Å². The van der Waals surface area contributed by atoms with Crippen molar-refractivity contribution in [3.05, 3.63) is 33.9 Å². The Bertz CT molecular complexity index is 561. The van der Waals surface area contributed by atoms with Gasteiger partial charge in [-0.05, 0) is 25.6 Å². The van der Waals surface area contributed by atoms with Crippen molar-refractivity contribution in [3.63, 3.8) is 0 Å². The number of carboxylic acid groups (broad SMARTS) is 1. The number of hydrogen-bond acceptors (Lipinski definition) is 5. The third-order valence-electron chi connectivity index (χ3n) is 4.02. The van der Waals surface area contributed by atoms with Crippen LogP contribution in [-0.2, 0) is 0 Å². The van der Waals surface area contributed by atoms with Crippen LogP contribution < -0.4 is 4.90 Å². The van der Waals surface area contributed by atoms with E-state index < -0.39 is 10.9 Å². The van der Waals surface area contributed by atoms with Crippen molar-refractivity contribution in [1.82, 2.24) is 4.90 Å². The van der Waals surface area contributed by atoms with Gasteiger partial charge >= 0.3 is 5.97 Å². The smallest absolute Gasteiger partial charge is 0.342 e. The van der Waals surface area contributed by atoms with E-state index in [0.717, 1.165) is 26.1 Å². The molecule has 0 bridgehead atoms. The van der Waals surface area contributed by atoms with Crippen LogP contribution in [0.1, 0.15) is 23.7 Å². The predicted molar refractivity (Wildman–Crippen MR) is 79.0 cm³/mol. The zero-order valence-electron chi connectivity index (χ0n) is 12.2. The van der Waals surface area contributed by atoms with Crippen LogP contribution in [0.5, 0.6) is 0 Å². The molecule has 1 aromatic carbocycles. The Kier molecular flexibility index (Phi) is 4.42. The van der Waals surface area contributed by atoms with Crippen molar-refractivity contribution < 1.29 is 14.8 Å². The molecule has 1 atom stereocenters. The number of likely N-dealkylation sites (N-methyl/N-ethyl adjacent to an activating group) is 1. The summed E-state index contributed by atoms with van der Waals surface area (Å²) in [4.78, 5) is 25.8. The molecule has 1 aromatic rings. The summed E-state index contributed by atoms with van der Waals surface area (Å²) in [6, 6.07) is 4.72. The molecule has 0 saturated carbocycles. The number of aromatic carboxylic acids is 1. The number of carboxylic acids is 1. The fourth-order valence-corrected chi connectivity index (χ4v) is 2.67. The molecule has 0 radical (unpaired) electrons. The SMILES string of the molecule is CCC1CN(c2ccc(C(=O)O)c([N+](=O)[O-])c2)CCN1C. The summed E-state index contributed by atoms with van der Waals surface area (Å²) in [5, 5.41) is 20.1. The zero-order chi connectivity index (χ0) is 15.6. The molecule has 0 amide bonds. The van der Waals surface area contributed by atoms with Gasteiger partial charge < -0.3 is 10.0 Å². The summed E-state index contributed by atoms with van der Waals surface area (Å²) >= 11 is 0. The normalized spacial score (nSPS) is 19.5. The van der Waals surface area contributed by atoms with E-state index in [1.807, 2.05) is 0 Å². The van der Waals surface area contributed by atoms with Crippen molar-refractivity contribution in [1.29, 1.82) is 0 Å². The van der Waals surface area contributed by atoms with Crippen LogP contribution in [0.4, 0.5) is 11.4 Å². The average molecular weight is 293 g/mol. The van der Waals surface area contributed by atoms with Gasteiger partial charge in [0, 0.05) is 37.4 Å². The zero-order valence-corrected chi connectivity index (χ0v) is 12.2. The van der Waals surface area contributed by atoms with Crippen LogP contribution in [0.15, 0.2) is 18.2 Å². The second-order valence-corrected chi connectivity index (χ2v) is 5.25. The lowest BCUT2D eigenvalue weighted by Gasteiger charge is -2.40. The van der Waals surface area contributed by atoms with Crippen LogP contribution in [0.2, 0.25) is 0 Å². The summed E-state index contributed by atoms with van der Waals surface area (Å²) in [5.74, 6) is -1.28. The Morgan fingerprint density at radius 1 is 1.48 bits per heavy atom. The predicted octanol–water partition coefficient (Wildman–Crippen LogP) is 1.82. The number of piperazine rings is 1. The minimum absolute atomic E-state index is 0.273. The van der Waals surface area contributed by atoms with E-state index >= 15 is 0 Å². The van der Waals surface area contributed by atoms with Gasteiger partial charge in [-0.15, -0.1) is 0 Å². The molecule has 1 N–H and O–H groups in total. The van der Waals surface area contributed by atoms with Gasteiger partial charge in [0.2, 0.25) is 0 Å². The number of nitro benzene ring substituents is 1. The quantitative estimate of drug-likeness (QED) is 0.673. The third kappa shape index (κ3) is 3.13. The molecular formula is C14H19N3O4. The minimum atomic E-state index is -1.28. The topological polar surface area (TPSA) is 86.9 Å². The van der Waals surface area contributed by atoms with E-state index in [4.69, 9.17) is 5.11 Å². The Labute approximate surface area is 122 Å².